The van der Waals surface area contributed by atoms with Crippen LogP contribution in [0.25, 0.3) is 0 Å². The Morgan fingerprint density at radius 1 is 1.29 bits per heavy atom. The molecule has 1 aromatic rings. The number of aryl methyl sites for hydroxylation is 1. The van der Waals surface area contributed by atoms with Crippen LogP contribution in [0.2, 0.25) is 0 Å². The van der Waals surface area contributed by atoms with Gasteiger partial charge in [0.25, 0.3) is 0 Å². The molecule has 1 aromatic heterocycles. The van der Waals surface area contributed by atoms with Gasteiger partial charge in [0.05, 0.1) is 0 Å². The molecule has 2 nitrogen and oxygen atoms in total. The zero-order valence-corrected chi connectivity index (χ0v) is 9.01. The Kier molecular flexibility index (Phi) is 4.44. The van der Waals surface area contributed by atoms with E-state index in [1.165, 1.54) is 12.8 Å². The van der Waals surface area contributed by atoms with E-state index in [1.54, 1.807) is 6.07 Å². The van der Waals surface area contributed by atoms with E-state index in [2.05, 4.69) is 6.92 Å². The van der Waals surface area contributed by atoms with Crippen molar-refractivity contribution in [3.8, 4) is 0 Å². The van der Waals surface area contributed by atoms with Crippen molar-refractivity contribution in [3.63, 3.8) is 0 Å². The van der Waals surface area contributed by atoms with Crippen LogP contribution < -0.4 is 0 Å². The van der Waals surface area contributed by atoms with Crippen molar-refractivity contribution in [2.75, 3.05) is 0 Å². The molecule has 78 valence electrons. The van der Waals surface area contributed by atoms with E-state index in [0.717, 1.165) is 18.6 Å². The normalized spacial score (nSPS) is 10.4. The molecule has 0 radical (unpaired) electrons. The lowest BCUT2D eigenvalue weighted by Crippen LogP contribution is -1.96. The van der Waals surface area contributed by atoms with Crippen molar-refractivity contribution < 1.29 is 9.21 Å². The SMILES string of the molecule is CCCCCCC(=O)c1ccc(C)o1. The summed E-state index contributed by atoms with van der Waals surface area (Å²) in [6, 6.07) is 3.59. The van der Waals surface area contributed by atoms with Gasteiger partial charge in [-0.1, -0.05) is 26.2 Å². The first-order chi connectivity index (χ1) is 6.74. The average Bonchev–Trinajstić information content (AvgIpc) is 2.59. The number of unbranched alkanes of at least 4 members (excludes halogenated alkanes) is 3. The second-order valence-corrected chi connectivity index (χ2v) is 3.64. The maximum Gasteiger partial charge on any atom is 0.197 e. The van der Waals surface area contributed by atoms with E-state index in [4.69, 9.17) is 4.42 Å². The third kappa shape index (κ3) is 3.36. The molecule has 0 fully saturated rings. The Morgan fingerprint density at radius 2 is 2.07 bits per heavy atom. The molecule has 14 heavy (non-hydrogen) atoms. The standard InChI is InChI=1S/C12H18O2/c1-3-4-5-6-7-11(13)12-9-8-10(2)14-12/h8-9H,3-7H2,1-2H3. The highest BCUT2D eigenvalue weighted by Crippen LogP contribution is 2.11. The number of hydrogen-bond acceptors (Lipinski definition) is 2. The lowest BCUT2D eigenvalue weighted by molar-refractivity contribution is 0.0951. The topological polar surface area (TPSA) is 30.2 Å². The van der Waals surface area contributed by atoms with Gasteiger partial charge in [-0.15, -0.1) is 0 Å². The number of rotatable bonds is 6. The maximum absolute atomic E-state index is 11.5. The Balaban J connectivity index is 2.29. The first-order valence-corrected chi connectivity index (χ1v) is 5.33. The minimum atomic E-state index is 0.134. The van der Waals surface area contributed by atoms with Gasteiger partial charge in [0.1, 0.15) is 5.76 Å². The van der Waals surface area contributed by atoms with E-state index in [1.807, 2.05) is 13.0 Å². The lowest BCUT2D eigenvalue weighted by Gasteiger charge is -1.97. The molecular formula is C12H18O2. The first kappa shape index (κ1) is 11.0. The number of ketones is 1. The van der Waals surface area contributed by atoms with Crippen LogP contribution in [0.3, 0.4) is 0 Å². The van der Waals surface area contributed by atoms with Crippen LogP contribution in [-0.4, -0.2) is 5.78 Å². The highest BCUT2D eigenvalue weighted by atomic mass is 16.3. The van der Waals surface area contributed by atoms with Gasteiger partial charge in [-0.3, -0.25) is 4.79 Å². The molecule has 1 heterocycles. The number of carbonyl (C=O) groups is 1. The molecule has 0 amide bonds. The van der Waals surface area contributed by atoms with Gasteiger partial charge >= 0.3 is 0 Å². The fraction of sp³-hybridized carbons (Fsp3) is 0.583. The van der Waals surface area contributed by atoms with Crippen molar-refractivity contribution in [2.24, 2.45) is 0 Å². The monoisotopic (exact) mass is 194 g/mol. The lowest BCUT2D eigenvalue weighted by atomic mass is 10.1. The van der Waals surface area contributed by atoms with Crippen molar-refractivity contribution in [1.82, 2.24) is 0 Å². The molecule has 0 aliphatic rings. The molecule has 0 bridgehead atoms. The van der Waals surface area contributed by atoms with Crippen molar-refractivity contribution in [2.45, 2.75) is 46.0 Å². The van der Waals surface area contributed by atoms with E-state index >= 15 is 0 Å². The summed E-state index contributed by atoms with van der Waals surface area (Å²) >= 11 is 0. The predicted octanol–water partition coefficient (Wildman–Crippen LogP) is 3.74. The maximum atomic E-state index is 11.5. The van der Waals surface area contributed by atoms with Crippen molar-refractivity contribution in [3.05, 3.63) is 23.7 Å². The van der Waals surface area contributed by atoms with Crippen LogP contribution in [0.4, 0.5) is 0 Å². The predicted molar refractivity (Wildman–Crippen MR) is 56.5 cm³/mol. The Hall–Kier alpha value is -1.05. The van der Waals surface area contributed by atoms with E-state index in [-0.39, 0.29) is 5.78 Å². The summed E-state index contributed by atoms with van der Waals surface area (Å²) in [6.07, 6.45) is 5.15. The summed E-state index contributed by atoms with van der Waals surface area (Å²) in [7, 11) is 0. The smallest absolute Gasteiger partial charge is 0.197 e. The minimum absolute atomic E-state index is 0.134. The van der Waals surface area contributed by atoms with Crippen LogP contribution in [0.1, 0.15) is 55.3 Å². The van der Waals surface area contributed by atoms with Crippen LogP contribution in [0.15, 0.2) is 16.5 Å². The molecule has 0 N–H and O–H groups in total. The molecule has 2 heteroatoms. The van der Waals surface area contributed by atoms with Crippen LogP contribution in [0, 0.1) is 6.92 Å². The molecule has 0 saturated carbocycles. The third-order valence-corrected chi connectivity index (χ3v) is 2.27. The van der Waals surface area contributed by atoms with Gasteiger partial charge in [-0.2, -0.15) is 0 Å². The fourth-order valence-corrected chi connectivity index (χ4v) is 1.42. The summed E-state index contributed by atoms with van der Waals surface area (Å²) in [5.74, 6) is 1.45. The second-order valence-electron chi connectivity index (χ2n) is 3.64. The van der Waals surface area contributed by atoms with Gasteiger partial charge in [-0.25, -0.2) is 0 Å². The Bertz CT molecular complexity index is 286. The average molecular weight is 194 g/mol. The van der Waals surface area contributed by atoms with Gasteiger partial charge in [0, 0.05) is 6.42 Å². The highest BCUT2D eigenvalue weighted by Gasteiger charge is 2.08. The number of Topliss-reactive ketones (excluding diaryl/α,β-unsaturated/α-hetero) is 1. The Morgan fingerprint density at radius 3 is 2.64 bits per heavy atom. The molecule has 0 spiro atoms. The second kappa shape index (κ2) is 5.63. The molecule has 0 aliphatic heterocycles. The highest BCUT2D eigenvalue weighted by molar-refractivity contribution is 5.93. The summed E-state index contributed by atoms with van der Waals surface area (Å²) in [6.45, 7) is 4.02. The zero-order chi connectivity index (χ0) is 10.4. The number of furan rings is 1. The van der Waals surface area contributed by atoms with E-state index < -0.39 is 0 Å². The first-order valence-electron chi connectivity index (χ1n) is 5.33. The largest absolute Gasteiger partial charge is 0.458 e. The summed E-state index contributed by atoms with van der Waals surface area (Å²) in [5.41, 5.74) is 0. The summed E-state index contributed by atoms with van der Waals surface area (Å²) < 4.78 is 5.25. The van der Waals surface area contributed by atoms with Gasteiger partial charge in [0.2, 0.25) is 0 Å². The molecule has 0 atom stereocenters. The summed E-state index contributed by atoms with van der Waals surface area (Å²) in [5, 5.41) is 0. The fourth-order valence-electron chi connectivity index (χ4n) is 1.42. The quantitative estimate of drug-likeness (QED) is 0.510. The van der Waals surface area contributed by atoms with Gasteiger partial charge < -0.3 is 4.42 Å². The van der Waals surface area contributed by atoms with E-state index in [9.17, 15) is 4.79 Å². The molecular weight excluding hydrogens is 176 g/mol. The van der Waals surface area contributed by atoms with E-state index in [0.29, 0.717) is 12.2 Å². The molecule has 0 aliphatic carbocycles. The molecule has 0 aromatic carbocycles. The molecule has 0 saturated heterocycles. The van der Waals surface area contributed by atoms with Crippen LogP contribution in [0.5, 0.6) is 0 Å². The van der Waals surface area contributed by atoms with Crippen molar-refractivity contribution in [1.29, 1.82) is 0 Å². The zero-order valence-electron chi connectivity index (χ0n) is 9.01. The third-order valence-electron chi connectivity index (χ3n) is 2.27. The van der Waals surface area contributed by atoms with Gasteiger partial charge in [0.15, 0.2) is 11.5 Å². The van der Waals surface area contributed by atoms with Crippen molar-refractivity contribution >= 4 is 5.78 Å². The number of carbonyl (C=O) groups excluding carboxylic acids is 1. The van der Waals surface area contributed by atoms with Crippen LogP contribution in [-0.2, 0) is 0 Å². The minimum Gasteiger partial charge on any atom is -0.458 e. The number of hydrogen-bond donors (Lipinski definition) is 0. The van der Waals surface area contributed by atoms with Gasteiger partial charge in [-0.05, 0) is 25.5 Å². The summed E-state index contributed by atoms with van der Waals surface area (Å²) in [4.78, 5) is 11.5. The molecule has 0 unspecified atom stereocenters. The molecule has 1 rings (SSSR count). The van der Waals surface area contributed by atoms with Crippen LogP contribution >= 0.6 is 0 Å². The Labute approximate surface area is 85.3 Å².